The van der Waals surface area contributed by atoms with E-state index < -0.39 is 52.8 Å². The quantitative estimate of drug-likeness (QED) is 0.368. The van der Waals surface area contributed by atoms with Gasteiger partial charge in [-0.1, -0.05) is 12.1 Å². The van der Waals surface area contributed by atoms with Crippen LogP contribution in [0.15, 0.2) is 24.3 Å². The number of para-hydroxylation sites is 1. The van der Waals surface area contributed by atoms with Gasteiger partial charge in [0.05, 0.1) is 18.4 Å². The second-order valence-corrected chi connectivity index (χ2v) is 5.19. The lowest BCUT2D eigenvalue weighted by atomic mass is 10.1. The van der Waals surface area contributed by atoms with Gasteiger partial charge in [0, 0.05) is 0 Å². The lowest BCUT2D eigenvalue weighted by molar-refractivity contribution is -0.122. The van der Waals surface area contributed by atoms with Crippen molar-refractivity contribution in [1.82, 2.24) is 0 Å². The maximum atomic E-state index is 13.6. The van der Waals surface area contributed by atoms with Gasteiger partial charge in [-0.2, -0.15) is 8.78 Å². The Kier molecular flexibility index (Phi) is 5.98. The van der Waals surface area contributed by atoms with Crippen molar-refractivity contribution in [3.8, 4) is 5.75 Å². The predicted molar refractivity (Wildman–Crippen MR) is 82.7 cm³/mol. The van der Waals surface area contributed by atoms with Crippen LogP contribution in [-0.2, 0) is 9.53 Å². The molecule has 1 unspecified atom stereocenters. The minimum Gasteiger partial charge on any atom is -0.474 e. The fourth-order valence-electron chi connectivity index (χ4n) is 2.03. The molecule has 0 aromatic heterocycles. The molecule has 1 N–H and O–H groups in total. The average molecular weight is 389 g/mol. The Morgan fingerprint density at radius 2 is 1.44 bits per heavy atom. The fraction of sp³-hybridized carbons (Fsp3) is 0.176. The molecule has 0 radical (unpaired) electrons. The molecule has 2 aromatic rings. The largest absolute Gasteiger partial charge is 0.474 e. The highest BCUT2D eigenvalue weighted by Crippen LogP contribution is 2.30. The summed E-state index contributed by atoms with van der Waals surface area (Å²) < 4.78 is 75.8. The van der Waals surface area contributed by atoms with Gasteiger partial charge >= 0.3 is 5.97 Å². The molecule has 144 valence electrons. The summed E-state index contributed by atoms with van der Waals surface area (Å²) in [5.74, 6) is -14.5. The third-order valence-electron chi connectivity index (χ3n) is 3.42. The van der Waals surface area contributed by atoms with Crippen LogP contribution in [0.5, 0.6) is 5.75 Å². The Morgan fingerprint density at radius 1 is 0.926 bits per heavy atom. The molecule has 0 aliphatic heterocycles. The van der Waals surface area contributed by atoms with Crippen molar-refractivity contribution in [1.29, 1.82) is 0 Å². The van der Waals surface area contributed by atoms with E-state index in [0.717, 1.165) is 14.0 Å². The normalized spacial score (nSPS) is 11.7. The van der Waals surface area contributed by atoms with Gasteiger partial charge in [-0.25, -0.2) is 18.0 Å². The standard InChI is InChI=1S/C17H12F5NO4/c1-7(27-15-13(21)11(19)10(18)12(20)14(15)22)16(24)23-9-6-4-3-5-8(9)17(25)26-2/h3-7H,1-2H3,(H,23,24). The highest BCUT2D eigenvalue weighted by Gasteiger charge is 2.29. The van der Waals surface area contributed by atoms with Gasteiger partial charge in [0.1, 0.15) is 0 Å². The van der Waals surface area contributed by atoms with Gasteiger partial charge in [-0.05, 0) is 19.1 Å². The molecule has 0 saturated heterocycles. The lowest BCUT2D eigenvalue weighted by Crippen LogP contribution is -2.31. The number of methoxy groups -OCH3 is 1. The van der Waals surface area contributed by atoms with E-state index in [0.29, 0.717) is 0 Å². The van der Waals surface area contributed by atoms with Gasteiger partial charge in [-0.3, -0.25) is 4.79 Å². The highest BCUT2D eigenvalue weighted by molar-refractivity contribution is 6.02. The number of hydrogen-bond acceptors (Lipinski definition) is 4. The minimum absolute atomic E-state index is 0.00205. The van der Waals surface area contributed by atoms with Crippen molar-refractivity contribution in [3.63, 3.8) is 0 Å². The molecule has 0 aliphatic carbocycles. The van der Waals surface area contributed by atoms with Crippen LogP contribution in [0, 0.1) is 29.1 Å². The predicted octanol–water partition coefficient (Wildman–Crippen LogP) is 3.57. The van der Waals surface area contributed by atoms with Crippen LogP contribution < -0.4 is 10.1 Å². The Hall–Kier alpha value is -3.17. The Morgan fingerprint density at radius 3 is 2.00 bits per heavy atom. The number of esters is 1. The molecule has 0 spiro atoms. The molecule has 10 heteroatoms. The molecule has 2 rings (SSSR count). The number of rotatable bonds is 5. The zero-order chi connectivity index (χ0) is 20.3. The van der Waals surface area contributed by atoms with Gasteiger partial charge in [0.2, 0.25) is 29.1 Å². The van der Waals surface area contributed by atoms with E-state index >= 15 is 0 Å². The van der Waals surface area contributed by atoms with E-state index in [1.165, 1.54) is 24.3 Å². The van der Waals surface area contributed by atoms with Gasteiger partial charge in [0.15, 0.2) is 11.9 Å². The Labute approximate surface area is 149 Å². The number of carbonyl (C=O) groups is 2. The summed E-state index contributed by atoms with van der Waals surface area (Å²) in [6.07, 6.45) is -1.66. The number of hydrogen-bond donors (Lipinski definition) is 1. The van der Waals surface area contributed by atoms with Crippen molar-refractivity contribution in [2.45, 2.75) is 13.0 Å². The molecule has 1 atom stereocenters. The van der Waals surface area contributed by atoms with Crippen molar-refractivity contribution in [2.75, 3.05) is 12.4 Å². The Balaban J connectivity index is 2.25. The molecule has 1 amide bonds. The van der Waals surface area contributed by atoms with Crippen LogP contribution in [0.4, 0.5) is 27.6 Å². The minimum atomic E-state index is -2.35. The number of halogens is 5. The van der Waals surface area contributed by atoms with Crippen molar-refractivity contribution in [3.05, 3.63) is 58.9 Å². The molecule has 0 saturated carbocycles. The van der Waals surface area contributed by atoms with E-state index in [1.807, 2.05) is 0 Å². The second-order valence-electron chi connectivity index (χ2n) is 5.19. The van der Waals surface area contributed by atoms with E-state index in [4.69, 9.17) is 0 Å². The zero-order valence-corrected chi connectivity index (χ0v) is 13.9. The molecule has 5 nitrogen and oxygen atoms in total. The van der Waals surface area contributed by atoms with Gasteiger partial charge in [-0.15, -0.1) is 0 Å². The maximum absolute atomic E-state index is 13.6. The van der Waals surface area contributed by atoms with Crippen LogP contribution in [-0.4, -0.2) is 25.1 Å². The zero-order valence-electron chi connectivity index (χ0n) is 13.9. The molecule has 0 fully saturated rings. The van der Waals surface area contributed by atoms with Crippen molar-refractivity contribution >= 4 is 17.6 Å². The number of anilines is 1. The lowest BCUT2D eigenvalue weighted by Gasteiger charge is -2.17. The van der Waals surface area contributed by atoms with Gasteiger partial charge in [0.25, 0.3) is 5.91 Å². The molecule has 2 aromatic carbocycles. The summed E-state index contributed by atoms with van der Waals surface area (Å²) >= 11 is 0. The molecule has 0 bridgehead atoms. The van der Waals surface area contributed by atoms with E-state index in [2.05, 4.69) is 14.8 Å². The number of ether oxygens (including phenoxy) is 2. The fourth-order valence-corrected chi connectivity index (χ4v) is 2.03. The molecule has 0 aliphatic rings. The molecule has 27 heavy (non-hydrogen) atoms. The first-order chi connectivity index (χ1) is 12.7. The van der Waals surface area contributed by atoms with Crippen LogP contribution in [0.25, 0.3) is 0 Å². The first kappa shape index (κ1) is 20.1. The van der Waals surface area contributed by atoms with Crippen LogP contribution >= 0.6 is 0 Å². The topological polar surface area (TPSA) is 64.6 Å². The Bertz CT molecular complexity index is 874. The third kappa shape index (κ3) is 3.99. The smallest absolute Gasteiger partial charge is 0.339 e. The molecule has 0 heterocycles. The van der Waals surface area contributed by atoms with Crippen molar-refractivity contribution < 1.29 is 41.0 Å². The summed E-state index contributed by atoms with van der Waals surface area (Å²) in [5, 5.41) is 2.25. The first-order valence-electron chi connectivity index (χ1n) is 7.35. The van der Waals surface area contributed by atoms with E-state index in [1.54, 1.807) is 0 Å². The number of carbonyl (C=O) groups excluding carboxylic acids is 2. The monoisotopic (exact) mass is 389 g/mol. The summed E-state index contributed by atoms with van der Waals surface area (Å²) in [6.45, 7) is 1.02. The van der Waals surface area contributed by atoms with Crippen LogP contribution in [0.2, 0.25) is 0 Å². The molecular weight excluding hydrogens is 377 g/mol. The first-order valence-corrected chi connectivity index (χ1v) is 7.35. The summed E-state index contributed by atoms with van der Waals surface area (Å²) in [6, 6.07) is 5.67. The number of amides is 1. The highest BCUT2D eigenvalue weighted by atomic mass is 19.2. The summed E-state index contributed by atoms with van der Waals surface area (Å²) in [7, 11) is 1.12. The SMILES string of the molecule is COC(=O)c1ccccc1NC(=O)C(C)Oc1c(F)c(F)c(F)c(F)c1F. The summed E-state index contributed by atoms with van der Waals surface area (Å²) in [5.41, 5.74) is -0.0148. The summed E-state index contributed by atoms with van der Waals surface area (Å²) in [4.78, 5) is 23.8. The third-order valence-corrected chi connectivity index (χ3v) is 3.42. The second kappa shape index (κ2) is 8.02. The van der Waals surface area contributed by atoms with Crippen molar-refractivity contribution in [2.24, 2.45) is 0 Å². The molecular formula is C17H12F5NO4. The van der Waals surface area contributed by atoms with E-state index in [9.17, 15) is 31.5 Å². The average Bonchev–Trinajstić information content (AvgIpc) is 2.67. The van der Waals surface area contributed by atoms with Crippen LogP contribution in [0.3, 0.4) is 0 Å². The van der Waals surface area contributed by atoms with Gasteiger partial charge < -0.3 is 14.8 Å². The van der Waals surface area contributed by atoms with Crippen LogP contribution in [0.1, 0.15) is 17.3 Å². The maximum Gasteiger partial charge on any atom is 0.339 e. The number of benzene rings is 2. The number of nitrogens with one attached hydrogen (secondary N) is 1. The van der Waals surface area contributed by atoms with E-state index in [-0.39, 0.29) is 11.3 Å².